The Morgan fingerprint density at radius 1 is 1.37 bits per heavy atom. The Morgan fingerprint density at radius 2 is 2.05 bits per heavy atom. The van der Waals surface area contributed by atoms with Gasteiger partial charge in [0.2, 0.25) is 5.91 Å². The van der Waals surface area contributed by atoms with Crippen molar-refractivity contribution in [3.05, 3.63) is 24.3 Å². The van der Waals surface area contributed by atoms with E-state index in [1.807, 2.05) is 38.1 Å². The van der Waals surface area contributed by atoms with Crippen molar-refractivity contribution in [3.8, 4) is 5.75 Å². The molecule has 1 aliphatic rings. The highest BCUT2D eigenvalue weighted by Crippen LogP contribution is 2.19. The van der Waals surface area contributed by atoms with Crippen molar-refractivity contribution >= 4 is 11.6 Å². The van der Waals surface area contributed by atoms with Gasteiger partial charge in [-0.15, -0.1) is 0 Å². The topological polar surface area (TPSA) is 50.4 Å². The van der Waals surface area contributed by atoms with Crippen molar-refractivity contribution in [2.24, 2.45) is 5.92 Å². The third-order valence-corrected chi connectivity index (χ3v) is 3.31. The Balaban J connectivity index is 1.93. The average Bonchev–Trinajstić information content (AvgIpc) is 2.77. The molecule has 0 spiro atoms. The molecule has 2 atom stereocenters. The Hall–Kier alpha value is -1.55. The summed E-state index contributed by atoms with van der Waals surface area (Å²) < 4.78 is 5.57. The van der Waals surface area contributed by atoms with E-state index in [-0.39, 0.29) is 18.1 Å². The quantitative estimate of drug-likeness (QED) is 0.876. The number of amides is 1. The predicted molar refractivity (Wildman–Crippen MR) is 76.4 cm³/mol. The first-order valence-electron chi connectivity index (χ1n) is 6.87. The summed E-state index contributed by atoms with van der Waals surface area (Å²) in [6.07, 6.45) is 1.21. The highest BCUT2D eigenvalue weighted by molar-refractivity contribution is 5.95. The molecule has 2 unspecified atom stereocenters. The summed E-state index contributed by atoms with van der Waals surface area (Å²) in [5, 5.41) is 6.16. The minimum Gasteiger partial charge on any atom is -0.491 e. The van der Waals surface area contributed by atoms with Crippen molar-refractivity contribution in [1.82, 2.24) is 5.32 Å². The number of benzene rings is 1. The number of ether oxygens (including phenoxy) is 1. The lowest BCUT2D eigenvalue weighted by molar-refractivity contribution is -0.118. The van der Waals surface area contributed by atoms with E-state index in [2.05, 4.69) is 17.6 Å². The lowest BCUT2D eigenvalue weighted by Crippen LogP contribution is -2.39. The molecule has 4 heteroatoms. The van der Waals surface area contributed by atoms with Gasteiger partial charge in [-0.1, -0.05) is 6.92 Å². The minimum atomic E-state index is -0.0772. The van der Waals surface area contributed by atoms with Gasteiger partial charge in [0.1, 0.15) is 5.75 Å². The molecule has 1 saturated heterocycles. The summed E-state index contributed by atoms with van der Waals surface area (Å²) in [5.74, 6) is 1.26. The molecule has 1 fully saturated rings. The molecule has 1 aromatic rings. The van der Waals surface area contributed by atoms with Crippen LogP contribution in [0.15, 0.2) is 24.3 Å². The number of hydrogen-bond donors (Lipinski definition) is 2. The van der Waals surface area contributed by atoms with E-state index in [4.69, 9.17) is 4.74 Å². The summed E-state index contributed by atoms with van der Waals surface area (Å²) in [5.41, 5.74) is 0.807. The SMILES string of the molecule is CC(C)Oc1ccc(NC(=O)C2NCCC2C)cc1. The molecule has 2 N–H and O–H groups in total. The van der Waals surface area contributed by atoms with Crippen LogP contribution in [0.5, 0.6) is 5.75 Å². The standard InChI is InChI=1S/C15H22N2O2/c1-10(2)19-13-6-4-12(5-7-13)17-15(18)14-11(3)8-9-16-14/h4-7,10-11,14,16H,8-9H2,1-3H3,(H,17,18). The van der Waals surface area contributed by atoms with Gasteiger partial charge in [-0.05, 0) is 57.0 Å². The zero-order chi connectivity index (χ0) is 13.8. The summed E-state index contributed by atoms with van der Waals surface area (Å²) in [6.45, 7) is 7.00. The molecule has 2 rings (SSSR count). The zero-order valence-corrected chi connectivity index (χ0v) is 11.8. The minimum absolute atomic E-state index is 0.0440. The van der Waals surface area contributed by atoms with E-state index < -0.39 is 0 Å². The first kappa shape index (κ1) is 13.9. The second-order valence-electron chi connectivity index (χ2n) is 5.38. The van der Waals surface area contributed by atoms with Crippen LogP contribution in [0.3, 0.4) is 0 Å². The smallest absolute Gasteiger partial charge is 0.241 e. The van der Waals surface area contributed by atoms with E-state index >= 15 is 0 Å². The number of anilines is 1. The Morgan fingerprint density at radius 3 is 2.58 bits per heavy atom. The molecule has 0 radical (unpaired) electrons. The van der Waals surface area contributed by atoms with Gasteiger partial charge in [0.25, 0.3) is 0 Å². The molecular formula is C15H22N2O2. The van der Waals surface area contributed by atoms with Gasteiger partial charge in [-0.25, -0.2) is 0 Å². The van der Waals surface area contributed by atoms with Gasteiger partial charge in [0, 0.05) is 5.69 Å². The maximum Gasteiger partial charge on any atom is 0.241 e. The van der Waals surface area contributed by atoms with E-state index in [0.29, 0.717) is 5.92 Å². The van der Waals surface area contributed by atoms with Crippen molar-refractivity contribution < 1.29 is 9.53 Å². The molecule has 104 valence electrons. The first-order valence-corrected chi connectivity index (χ1v) is 6.87. The lowest BCUT2D eigenvalue weighted by Gasteiger charge is -2.16. The number of nitrogens with one attached hydrogen (secondary N) is 2. The largest absolute Gasteiger partial charge is 0.491 e. The van der Waals surface area contributed by atoms with Gasteiger partial charge in [-0.3, -0.25) is 4.79 Å². The number of hydrogen-bond acceptors (Lipinski definition) is 3. The van der Waals surface area contributed by atoms with Crippen LogP contribution in [0.25, 0.3) is 0 Å². The maximum absolute atomic E-state index is 12.1. The second kappa shape index (κ2) is 6.06. The fourth-order valence-corrected chi connectivity index (χ4v) is 2.29. The molecule has 4 nitrogen and oxygen atoms in total. The summed E-state index contributed by atoms with van der Waals surface area (Å²) in [6, 6.07) is 7.42. The van der Waals surface area contributed by atoms with E-state index in [0.717, 1.165) is 24.4 Å². The lowest BCUT2D eigenvalue weighted by atomic mass is 10.0. The molecule has 1 amide bonds. The fourth-order valence-electron chi connectivity index (χ4n) is 2.29. The third-order valence-electron chi connectivity index (χ3n) is 3.31. The molecule has 0 saturated carbocycles. The molecule has 1 aromatic carbocycles. The zero-order valence-electron chi connectivity index (χ0n) is 11.8. The highest BCUT2D eigenvalue weighted by Gasteiger charge is 2.29. The molecule has 0 aromatic heterocycles. The van der Waals surface area contributed by atoms with Crippen LogP contribution in [-0.2, 0) is 4.79 Å². The van der Waals surface area contributed by atoms with Crippen molar-refractivity contribution in [3.63, 3.8) is 0 Å². The molecule has 1 heterocycles. The Bertz CT molecular complexity index is 428. The first-order chi connectivity index (χ1) is 9.06. The summed E-state index contributed by atoms with van der Waals surface area (Å²) in [4.78, 5) is 12.1. The fraction of sp³-hybridized carbons (Fsp3) is 0.533. The van der Waals surface area contributed by atoms with Crippen LogP contribution in [0.2, 0.25) is 0 Å². The van der Waals surface area contributed by atoms with Gasteiger partial charge in [-0.2, -0.15) is 0 Å². The molecular weight excluding hydrogens is 240 g/mol. The van der Waals surface area contributed by atoms with Crippen LogP contribution in [0.1, 0.15) is 27.2 Å². The molecule has 19 heavy (non-hydrogen) atoms. The maximum atomic E-state index is 12.1. The molecule has 0 aliphatic carbocycles. The number of carbonyl (C=O) groups excluding carboxylic acids is 1. The summed E-state index contributed by atoms with van der Waals surface area (Å²) >= 11 is 0. The predicted octanol–water partition coefficient (Wildman–Crippen LogP) is 2.41. The van der Waals surface area contributed by atoms with Gasteiger partial charge in [0.05, 0.1) is 12.1 Å². The molecule has 0 bridgehead atoms. The average molecular weight is 262 g/mol. The van der Waals surface area contributed by atoms with Crippen molar-refractivity contribution in [1.29, 1.82) is 0 Å². The summed E-state index contributed by atoms with van der Waals surface area (Å²) in [7, 11) is 0. The van der Waals surface area contributed by atoms with Crippen LogP contribution in [-0.4, -0.2) is 24.6 Å². The van der Waals surface area contributed by atoms with Crippen LogP contribution >= 0.6 is 0 Å². The van der Waals surface area contributed by atoms with Gasteiger partial charge in [0.15, 0.2) is 0 Å². The van der Waals surface area contributed by atoms with Crippen LogP contribution in [0, 0.1) is 5.92 Å². The van der Waals surface area contributed by atoms with Crippen molar-refractivity contribution in [2.75, 3.05) is 11.9 Å². The number of carbonyl (C=O) groups is 1. The van der Waals surface area contributed by atoms with Crippen molar-refractivity contribution in [2.45, 2.75) is 39.3 Å². The monoisotopic (exact) mass is 262 g/mol. The van der Waals surface area contributed by atoms with Crippen LogP contribution < -0.4 is 15.4 Å². The van der Waals surface area contributed by atoms with E-state index in [9.17, 15) is 4.79 Å². The normalized spacial score (nSPS) is 22.5. The molecule has 1 aliphatic heterocycles. The van der Waals surface area contributed by atoms with Gasteiger partial charge >= 0.3 is 0 Å². The van der Waals surface area contributed by atoms with E-state index in [1.165, 1.54) is 0 Å². The highest BCUT2D eigenvalue weighted by atomic mass is 16.5. The second-order valence-corrected chi connectivity index (χ2v) is 5.38. The number of rotatable bonds is 4. The third kappa shape index (κ3) is 3.70. The van der Waals surface area contributed by atoms with E-state index in [1.54, 1.807) is 0 Å². The van der Waals surface area contributed by atoms with Crippen LogP contribution in [0.4, 0.5) is 5.69 Å². The van der Waals surface area contributed by atoms with Gasteiger partial charge < -0.3 is 15.4 Å². The Labute approximate surface area is 114 Å². The Kier molecular flexibility index (Phi) is 4.43.